The van der Waals surface area contributed by atoms with Crippen LogP contribution in [0.4, 0.5) is 0 Å². The molecule has 0 aromatic heterocycles. The van der Waals surface area contributed by atoms with Crippen molar-refractivity contribution in [3.05, 3.63) is 29.8 Å². The molecule has 1 rings (SSSR count). The average Bonchev–Trinajstić information content (AvgIpc) is 1.89. The maximum absolute atomic E-state index is 10.3. The van der Waals surface area contributed by atoms with E-state index in [1.165, 1.54) is 0 Å². The van der Waals surface area contributed by atoms with Crippen molar-refractivity contribution in [2.45, 2.75) is 6.92 Å². The molecule has 0 atom stereocenters. The van der Waals surface area contributed by atoms with E-state index in [0.717, 1.165) is 10.9 Å². The van der Waals surface area contributed by atoms with E-state index in [9.17, 15) is 4.57 Å². The Morgan fingerprint density at radius 3 is 2.44 bits per heavy atom. The molecule has 0 aliphatic heterocycles. The van der Waals surface area contributed by atoms with E-state index in [4.69, 9.17) is 0 Å². The highest BCUT2D eigenvalue weighted by molar-refractivity contribution is 7.34. The molecular weight excluding hydrogens is 131 g/mol. The van der Waals surface area contributed by atoms with Crippen LogP contribution in [0.25, 0.3) is 0 Å². The summed E-state index contributed by atoms with van der Waals surface area (Å²) < 4.78 is 10.3. The zero-order chi connectivity index (χ0) is 6.69. The summed E-state index contributed by atoms with van der Waals surface area (Å²) in [6, 6.07) is 7.61. The van der Waals surface area contributed by atoms with Gasteiger partial charge in [-0.2, -0.15) is 0 Å². The third kappa shape index (κ3) is 1.36. The number of rotatable bonds is 1. The van der Waals surface area contributed by atoms with Crippen LogP contribution in [-0.4, -0.2) is 0 Å². The molecule has 1 nitrogen and oxygen atoms in total. The normalized spacial score (nSPS) is 9.89. The van der Waals surface area contributed by atoms with Crippen molar-refractivity contribution in [1.82, 2.24) is 0 Å². The van der Waals surface area contributed by atoms with Gasteiger partial charge in [0, 0.05) is 5.30 Å². The van der Waals surface area contributed by atoms with Gasteiger partial charge in [-0.3, -0.25) is 4.57 Å². The third-order valence-electron chi connectivity index (χ3n) is 1.21. The second-order valence-electron chi connectivity index (χ2n) is 1.88. The maximum atomic E-state index is 10.3. The SMILES string of the molecule is Cc1ccccc1P=O. The summed E-state index contributed by atoms with van der Waals surface area (Å²) in [4.78, 5) is 0. The van der Waals surface area contributed by atoms with Crippen LogP contribution in [0.2, 0.25) is 0 Å². The van der Waals surface area contributed by atoms with Crippen molar-refractivity contribution < 1.29 is 4.57 Å². The van der Waals surface area contributed by atoms with Crippen molar-refractivity contribution in [3.63, 3.8) is 0 Å². The molecule has 0 heterocycles. The van der Waals surface area contributed by atoms with Crippen LogP contribution in [0.15, 0.2) is 24.3 Å². The zero-order valence-corrected chi connectivity index (χ0v) is 6.06. The molecule has 0 radical (unpaired) electrons. The summed E-state index contributed by atoms with van der Waals surface area (Å²) in [7, 11) is 0.112. The molecule has 1 aromatic rings. The minimum Gasteiger partial charge on any atom is -0.269 e. The van der Waals surface area contributed by atoms with Crippen LogP contribution >= 0.6 is 8.46 Å². The molecule has 0 bridgehead atoms. The van der Waals surface area contributed by atoms with Gasteiger partial charge >= 0.3 is 0 Å². The van der Waals surface area contributed by atoms with Crippen molar-refractivity contribution in [1.29, 1.82) is 0 Å². The van der Waals surface area contributed by atoms with Crippen LogP contribution in [0.5, 0.6) is 0 Å². The summed E-state index contributed by atoms with van der Waals surface area (Å²) >= 11 is 0. The molecule has 0 fully saturated rings. The van der Waals surface area contributed by atoms with Gasteiger partial charge in [-0.05, 0) is 18.6 Å². The van der Waals surface area contributed by atoms with E-state index in [1.807, 2.05) is 31.2 Å². The fourth-order valence-corrected chi connectivity index (χ4v) is 1.03. The predicted molar refractivity (Wildman–Crippen MR) is 38.4 cm³/mol. The minimum atomic E-state index is 0.112. The molecule has 9 heavy (non-hydrogen) atoms. The van der Waals surface area contributed by atoms with Crippen LogP contribution in [0, 0.1) is 6.92 Å². The van der Waals surface area contributed by atoms with Crippen LogP contribution in [0.1, 0.15) is 5.56 Å². The number of hydrogen-bond donors (Lipinski definition) is 0. The lowest BCUT2D eigenvalue weighted by Gasteiger charge is -1.91. The Hall–Kier alpha value is -0.680. The van der Waals surface area contributed by atoms with Crippen molar-refractivity contribution in [2.75, 3.05) is 0 Å². The molecular formula is C7H7OP. The van der Waals surface area contributed by atoms with Crippen molar-refractivity contribution >= 4 is 13.8 Å². The van der Waals surface area contributed by atoms with Crippen molar-refractivity contribution in [2.24, 2.45) is 0 Å². The average molecular weight is 138 g/mol. The molecule has 0 aliphatic carbocycles. The molecule has 0 N–H and O–H groups in total. The lowest BCUT2D eigenvalue weighted by Crippen LogP contribution is -1.94. The van der Waals surface area contributed by atoms with Gasteiger partial charge in [0.2, 0.25) is 0 Å². The Balaban J connectivity index is 3.15. The Bertz CT molecular complexity index is 220. The van der Waals surface area contributed by atoms with Gasteiger partial charge < -0.3 is 0 Å². The van der Waals surface area contributed by atoms with Gasteiger partial charge in [0.05, 0.1) is 0 Å². The first kappa shape index (κ1) is 6.44. The van der Waals surface area contributed by atoms with Gasteiger partial charge in [-0.1, -0.05) is 18.2 Å². The molecule has 1 aromatic carbocycles. The highest BCUT2D eigenvalue weighted by Crippen LogP contribution is 2.00. The lowest BCUT2D eigenvalue weighted by atomic mass is 10.2. The smallest absolute Gasteiger partial charge is 0.192 e. The molecule has 0 saturated carbocycles. The number of hydrogen-bond acceptors (Lipinski definition) is 1. The Morgan fingerprint density at radius 1 is 1.33 bits per heavy atom. The van der Waals surface area contributed by atoms with E-state index in [1.54, 1.807) is 0 Å². The Labute approximate surface area is 55.9 Å². The molecule has 0 amide bonds. The molecule has 46 valence electrons. The van der Waals surface area contributed by atoms with E-state index in [2.05, 4.69) is 0 Å². The minimum absolute atomic E-state index is 0.112. The van der Waals surface area contributed by atoms with Gasteiger partial charge in [-0.15, -0.1) is 0 Å². The van der Waals surface area contributed by atoms with Crippen LogP contribution < -0.4 is 5.30 Å². The quantitative estimate of drug-likeness (QED) is 0.542. The predicted octanol–water partition coefficient (Wildman–Crippen LogP) is 1.91. The summed E-state index contributed by atoms with van der Waals surface area (Å²) in [5.41, 5.74) is 1.08. The molecule has 0 spiro atoms. The van der Waals surface area contributed by atoms with E-state index in [0.29, 0.717) is 0 Å². The Kier molecular flexibility index (Phi) is 1.96. The first-order valence-corrected chi connectivity index (χ1v) is 3.55. The fourth-order valence-electron chi connectivity index (χ4n) is 0.666. The maximum Gasteiger partial charge on any atom is 0.192 e. The molecule has 0 aliphatic rings. The van der Waals surface area contributed by atoms with Gasteiger partial charge in [0.25, 0.3) is 0 Å². The number of benzene rings is 1. The first-order valence-electron chi connectivity index (χ1n) is 2.73. The standard InChI is InChI=1S/C7H7OP/c1-6-4-2-3-5-7(6)9-8/h2-5H,1H3. The first-order chi connectivity index (χ1) is 4.34. The van der Waals surface area contributed by atoms with Crippen molar-refractivity contribution in [3.8, 4) is 0 Å². The molecule has 2 heteroatoms. The lowest BCUT2D eigenvalue weighted by molar-refractivity contribution is 0.603. The van der Waals surface area contributed by atoms with E-state index < -0.39 is 0 Å². The summed E-state index contributed by atoms with van der Waals surface area (Å²) in [6.45, 7) is 1.94. The second-order valence-corrected chi connectivity index (χ2v) is 2.54. The Morgan fingerprint density at radius 2 is 2.00 bits per heavy atom. The molecule has 0 saturated heterocycles. The van der Waals surface area contributed by atoms with Gasteiger partial charge in [0.15, 0.2) is 8.46 Å². The number of aryl methyl sites for hydroxylation is 1. The molecule has 0 unspecified atom stereocenters. The fraction of sp³-hybridized carbons (Fsp3) is 0.143. The summed E-state index contributed by atoms with van der Waals surface area (Å²) in [5.74, 6) is 0. The third-order valence-corrected chi connectivity index (χ3v) is 1.91. The highest BCUT2D eigenvalue weighted by Gasteiger charge is 1.91. The highest BCUT2D eigenvalue weighted by atomic mass is 31.1. The zero-order valence-electron chi connectivity index (χ0n) is 5.16. The summed E-state index contributed by atoms with van der Waals surface area (Å²) in [6.07, 6.45) is 0. The van der Waals surface area contributed by atoms with E-state index >= 15 is 0 Å². The topological polar surface area (TPSA) is 17.1 Å². The van der Waals surface area contributed by atoms with E-state index in [-0.39, 0.29) is 8.46 Å². The van der Waals surface area contributed by atoms with Gasteiger partial charge in [-0.25, -0.2) is 0 Å². The van der Waals surface area contributed by atoms with Gasteiger partial charge in [0.1, 0.15) is 0 Å². The summed E-state index contributed by atoms with van der Waals surface area (Å²) in [5, 5.41) is 0.873. The largest absolute Gasteiger partial charge is 0.269 e. The monoisotopic (exact) mass is 138 g/mol. The van der Waals surface area contributed by atoms with Crippen LogP contribution in [0.3, 0.4) is 0 Å². The second kappa shape index (κ2) is 2.75. The van der Waals surface area contributed by atoms with Crippen LogP contribution in [-0.2, 0) is 4.57 Å².